The fourth-order valence-electron chi connectivity index (χ4n) is 2.80. The molecule has 0 fully saturated rings. The van der Waals surface area contributed by atoms with Crippen LogP contribution in [0.15, 0.2) is 42.7 Å². The first-order valence-corrected chi connectivity index (χ1v) is 10.0. The molecule has 1 atom stereocenters. The molecule has 0 aliphatic heterocycles. The van der Waals surface area contributed by atoms with Gasteiger partial charge in [0, 0.05) is 23.7 Å². The van der Waals surface area contributed by atoms with Gasteiger partial charge >= 0.3 is 5.97 Å². The summed E-state index contributed by atoms with van der Waals surface area (Å²) in [7, 11) is 0. The van der Waals surface area contributed by atoms with Crippen LogP contribution in [0.3, 0.4) is 0 Å². The van der Waals surface area contributed by atoms with Crippen molar-refractivity contribution in [2.24, 2.45) is 5.92 Å². The number of rotatable bonds is 11. The van der Waals surface area contributed by atoms with E-state index < -0.39 is 0 Å². The van der Waals surface area contributed by atoms with Crippen molar-refractivity contribution in [1.82, 2.24) is 4.98 Å². The van der Waals surface area contributed by atoms with Crippen molar-refractivity contribution in [1.29, 1.82) is 0 Å². The van der Waals surface area contributed by atoms with Gasteiger partial charge in [-0.1, -0.05) is 64.7 Å². The Kier molecular flexibility index (Phi) is 8.82. The Bertz CT molecular complexity index is 714. The van der Waals surface area contributed by atoms with Crippen molar-refractivity contribution in [3.05, 3.63) is 42.7 Å². The summed E-state index contributed by atoms with van der Waals surface area (Å²) in [4.78, 5) is 16.5. The van der Waals surface area contributed by atoms with Gasteiger partial charge in [-0.2, -0.15) is 0 Å². The van der Waals surface area contributed by atoms with Crippen LogP contribution in [0.1, 0.15) is 59.3 Å². The Morgan fingerprint density at radius 1 is 1.04 bits per heavy atom. The van der Waals surface area contributed by atoms with E-state index in [1.807, 2.05) is 30.3 Å². The van der Waals surface area contributed by atoms with Crippen LogP contribution in [0.25, 0.3) is 11.1 Å². The summed E-state index contributed by atoms with van der Waals surface area (Å²) in [6, 6.07) is 9.50. The molecule has 4 nitrogen and oxygen atoms in total. The van der Waals surface area contributed by atoms with Crippen LogP contribution in [-0.4, -0.2) is 17.6 Å². The average molecular weight is 370 g/mol. The lowest BCUT2D eigenvalue weighted by atomic mass is 10.0. The predicted octanol–water partition coefficient (Wildman–Crippen LogP) is 6.05. The van der Waals surface area contributed by atoms with Gasteiger partial charge in [-0.05, 0) is 24.5 Å². The third kappa shape index (κ3) is 6.70. The van der Waals surface area contributed by atoms with Crippen LogP contribution in [0.4, 0.5) is 0 Å². The maximum atomic E-state index is 12.3. The lowest BCUT2D eigenvalue weighted by Gasteiger charge is -2.15. The van der Waals surface area contributed by atoms with Crippen LogP contribution in [-0.2, 0) is 4.79 Å². The smallest absolute Gasteiger partial charge is 0.311 e. The quantitative estimate of drug-likeness (QED) is 0.275. The van der Waals surface area contributed by atoms with Crippen LogP contribution in [0.2, 0.25) is 0 Å². The number of hydrogen-bond donors (Lipinski definition) is 0. The second-order valence-electron chi connectivity index (χ2n) is 6.97. The number of carbonyl (C=O) groups is 1. The molecular weight excluding hydrogens is 338 g/mol. The number of unbranched alkanes of at least 4 members (excludes halogenated alkanes) is 3. The SMILES string of the molecule is CCCCCCOc1cnccc1-c1ccccc1OC(=O)CC(C)CC. The summed E-state index contributed by atoms with van der Waals surface area (Å²) in [6.07, 6.45) is 9.44. The van der Waals surface area contributed by atoms with Crippen LogP contribution in [0.5, 0.6) is 11.5 Å². The number of carbonyl (C=O) groups excluding carboxylic acids is 1. The second kappa shape index (κ2) is 11.4. The zero-order chi connectivity index (χ0) is 19.5. The maximum Gasteiger partial charge on any atom is 0.311 e. The van der Waals surface area contributed by atoms with E-state index in [-0.39, 0.29) is 5.97 Å². The zero-order valence-electron chi connectivity index (χ0n) is 16.7. The molecular formula is C23H31NO3. The fourth-order valence-corrected chi connectivity index (χ4v) is 2.80. The first-order valence-electron chi connectivity index (χ1n) is 10.0. The van der Waals surface area contributed by atoms with Gasteiger partial charge in [0.1, 0.15) is 11.5 Å². The fraction of sp³-hybridized carbons (Fsp3) is 0.478. The molecule has 0 radical (unpaired) electrons. The molecule has 4 heteroatoms. The standard InChI is InChI=1S/C23H31NO3/c1-4-6-7-10-15-26-22-17-24-14-13-20(22)19-11-8-9-12-21(19)27-23(25)16-18(3)5-2/h8-9,11-14,17-18H,4-7,10,15-16H2,1-3H3. The molecule has 0 bridgehead atoms. The molecule has 2 aromatic rings. The molecule has 27 heavy (non-hydrogen) atoms. The Morgan fingerprint density at radius 3 is 2.59 bits per heavy atom. The molecule has 1 unspecified atom stereocenters. The monoisotopic (exact) mass is 369 g/mol. The highest BCUT2D eigenvalue weighted by atomic mass is 16.5. The van der Waals surface area contributed by atoms with Crippen molar-refractivity contribution >= 4 is 5.97 Å². The van der Waals surface area contributed by atoms with Gasteiger partial charge in [-0.25, -0.2) is 0 Å². The van der Waals surface area contributed by atoms with Crippen molar-refractivity contribution in [3.63, 3.8) is 0 Å². The number of benzene rings is 1. The van der Waals surface area contributed by atoms with Crippen LogP contribution in [0, 0.1) is 5.92 Å². The lowest BCUT2D eigenvalue weighted by Crippen LogP contribution is -2.12. The van der Waals surface area contributed by atoms with Crippen LogP contribution >= 0.6 is 0 Å². The minimum absolute atomic E-state index is 0.201. The molecule has 0 amide bonds. The Morgan fingerprint density at radius 2 is 1.81 bits per heavy atom. The molecule has 1 aromatic carbocycles. The van der Waals surface area contributed by atoms with Crippen molar-refractivity contribution < 1.29 is 14.3 Å². The zero-order valence-corrected chi connectivity index (χ0v) is 16.7. The molecule has 0 saturated heterocycles. The summed E-state index contributed by atoms with van der Waals surface area (Å²) in [5.41, 5.74) is 1.74. The van der Waals surface area contributed by atoms with Gasteiger partial charge in [0.15, 0.2) is 0 Å². The summed E-state index contributed by atoms with van der Waals surface area (Å²) in [5.74, 6) is 1.40. The molecule has 1 heterocycles. The first kappa shape index (κ1) is 20.9. The second-order valence-corrected chi connectivity index (χ2v) is 6.97. The predicted molar refractivity (Wildman–Crippen MR) is 109 cm³/mol. The van der Waals surface area contributed by atoms with E-state index in [4.69, 9.17) is 9.47 Å². The van der Waals surface area contributed by atoms with E-state index in [1.54, 1.807) is 12.4 Å². The van der Waals surface area contributed by atoms with Crippen molar-refractivity contribution in [2.75, 3.05) is 6.61 Å². The summed E-state index contributed by atoms with van der Waals surface area (Å²) >= 11 is 0. The molecule has 0 saturated carbocycles. The highest BCUT2D eigenvalue weighted by molar-refractivity contribution is 5.80. The number of para-hydroxylation sites is 1. The van der Waals surface area contributed by atoms with E-state index in [0.717, 1.165) is 36.1 Å². The molecule has 1 aromatic heterocycles. The number of esters is 1. The highest BCUT2D eigenvalue weighted by Crippen LogP contribution is 2.36. The topological polar surface area (TPSA) is 48.4 Å². The molecule has 146 valence electrons. The minimum atomic E-state index is -0.201. The van der Waals surface area contributed by atoms with E-state index in [0.29, 0.717) is 24.7 Å². The van der Waals surface area contributed by atoms with Crippen LogP contribution < -0.4 is 9.47 Å². The molecule has 0 aliphatic carbocycles. The van der Waals surface area contributed by atoms with E-state index >= 15 is 0 Å². The highest BCUT2D eigenvalue weighted by Gasteiger charge is 2.15. The summed E-state index contributed by atoms with van der Waals surface area (Å²) < 4.78 is 11.6. The van der Waals surface area contributed by atoms with Gasteiger partial charge in [0.2, 0.25) is 0 Å². The summed E-state index contributed by atoms with van der Waals surface area (Å²) in [6.45, 7) is 6.99. The minimum Gasteiger partial charge on any atom is -0.491 e. The first-order chi connectivity index (χ1) is 13.2. The van der Waals surface area contributed by atoms with E-state index in [1.165, 1.54) is 12.8 Å². The maximum absolute atomic E-state index is 12.3. The number of pyridine rings is 1. The summed E-state index contributed by atoms with van der Waals surface area (Å²) in [5, 5.41) is 0. The largest absolute Gasteiger partial charge is 0.491 e. The Balaban J connectivity index is 2.15. The Labute approximate surface area is 162 Å². The lowest BCUT2D eigenvalue weighted by molar-refractivity contribution is -0.135. The van der Waals surface area contributed by atoms with Crippen molar-refractivity contribution in [2.45, 2.75) is 59.3 Å². The Hall–Kier alpha value is -2.36. The van der Waals surface area contributed by atoms with E-state index in [9.17, 15) is 4.79 Å². The average Bonchev–Trinajstić information content (AvgIpc) is 2.68. The van der Waals surface area contributed by atoms with E-state index in [2.05, 4.69) is 25.8 Å². The number of ether oxygens (including phenoxy) is 2. The van der Waals surface area contributed by atoms with Gasteiger partial charge in [-0.15, -0.1) is 0 Å². The van der Waals surface area contributed by atoms with Gasteiger partial charge in [0.25, 0.3) is 0 Å². The number of hydrogen-bond acceptors (Lipinski definition) is 4. The number of aromatic nitrogens is 1. The third-order valence-corrected chi connectivity index (χ3v) is 4.65. The molecule has 0 N–H and O–H groups in total. The third-order valence-electron chi connectivity index (χ3n) is 4.65. The molecule has 0 spiro atoms. The van der Waals surface area contributed by atoms with Gasteiger partial charge in [-0.3, -0.25) is 9.78 Å². The van der Waals surface area contributed by atoms with Gasteiger partial charge < -0.3 is 9.47 Å². The normalized spacial score (nSPS) is 11.8. The molecule has 2 rings (SSSR count). The number of nitrogens with zero attached hydrogens (tertiary/aromatic N) is 1. The van der Waals surface area contributed by atoms with Gasteiger partial charge in [0.05, 0.1) is 12.8 Å². The molecule has 0 aliphatic rings. The van der Waals surface area contributed by atoms with Crippen molar-refractivity contribution in [3.8, 4) is 22.6 Å².